The molecule has 1 fully saturated rings. The lowest BCUT2D eigenvalue weighted by Crippen LogP contribution is -2.68. The second kappa shape index (κ2) is 16.7. The summed E-state index contributed by atoms with van der Waals surface area (Å²) in [6.07, 6.45) is 0.691. The van der Waals surface area contributed by atoms with Crippen LogP contribution in [0.15, 0.2) is 128 Å². The molecule has 5 rings (SSSR count). The van der Waals surface area contributed by atoms with Gasteiger partial charge < -0.3 is 24.5 Å². The minimum Gasteiger partial charge on any atom is -0.457 e. The number of hydrogen-bond donors (Lipinski definition) is 3. The van der Waals surface area contributed by atoms with Crippen molar-refractivity contribution in [1.29, 1.82) is 0 Å². The van der Waals surface area contributed by atoms with Gasteiger partial charge in [0.1, 0.15) is 12.0 Å². The molecule has 4 aromatic carbocycles. The van der Waals surface area contributed by atoms with Crippen molar-refractivity contribution in [2.24, 2.45) is 5.92 Å². The first-order valence-electron chi connectivity index (χ1n) is 16.3. The molecule has 0 radical (unpaired) electrons. The first-order chi connectivity index (χ1) is 24.3. The maximum Gasteiger partial charge on any atom is 0.356 e. The zero-order valence-electron chi connectivity index (χ0n) is 27.9. The van der Waals surface area contributed by atoms with E-state index in [-0.39, 0.29) is 36.2 Å². The predicted molar refractivity (Wildman–Crippen MR) is 203 cm³/mol. The molecule has 11 heteroatoms. The molecule has 3 amide bonds. The highest BCUT2D eigenvalue weighted by atomic mass is 32.1. The summed E-state index contributed by atoms with van der Waals surface area (Å²) < 4.78 is 11.2. The zero-order valence-corrected chi connectivity index (χ0v) is 29.7. The molecule has 0 saturated carbocycles. The third-order valence-corrected chi connectivity index (χ3v) is 13.2. The van der Waals surface area contributed by atoms with E-state index < -0.39 is 30.9 Å². The average Bonchev–Trinajstić information content (AvgIpc) is 3.15. The number of anilines is 1. The monoisotopic (exact) mass is 709 g/mol. The summed E-state index contributed by atoms with van der Waals surface area (Å²) in [5.74, 6) is -2.08. The Kier molecular flexibility index (Phi) is 12.1. The zero-order chi connectivity index (χ0) is 35.7. The number of benzene rings is 4. The lowest BCUT2D eigenvalue weighted by molar-refractivity contribution is -0.155. The number of amides is 3. The molecule has 50 heavy (non-hydrogen) atoms. The number of urea groups is 1. The van der Waals surface area contributed by atoms with Crippen molar-refractivity contribution in [1.82, 2.24) is 10.2 Å². The van der Waals surface area contributed by atoms with Gasteiger partial charge in [-0.1, -0.05) is 104 Å². The van der Waals surface area contributed by atoms with Crippen LogP contribution in [0, 0.1) is 5.92 Å². The Hall–Kier alpha value is -4.89. The number of nitrogens with zero attached hydrogens (tertiary/aromatic N) is 1. The Morgan fingerprint density at radius 2 is 1.40 bits per heavy atom. The van der Waals surface area contributed by atoms with Crippen LogP contribution < -0.4 is 26.5 Å². The van der Waals surface area contributed by atoms with Crippen LogP contribution in [-0.4, -0.2) is 59.3 Å². The van der Waals surface area contributed by atoms with E-state index in [1.807, 2.05) is 97.9 Å². The van der Waals surface area contributed by atoms with Crippen molar-refractivity contribution < 1.29 is 28.1 Å². The lowest BCUT2D eigenvalue weighted by atomic mass is 9.79. The molecule has 0 bridgehead atoms. The molecule has 0 unspecified atom stereocenters. The summed E-state index contributed by atoms with van der Waals surface area (Å²) >= 11 is 4.04. The van der Waals surface area contributed by atoms with Crippen LogP contribution >= 0.6 is 19.8 Å². The molecule has 1 saturated heterocycles. The molecule has 0 aliphatic carbocycles. The Balaban J connectivity index is 1.73. The summed E-state index contributed by atoms with van der Waals surface area (Å²) in [6.45, 7) is 4.49. The Morgan fingerprint density at radius 3 is 1.86 bits per heavy atom. The van der Waals surface area contributed by atoms with Crippen molar-refractivity contribution in [3.05, 3.63) is 133 Å². The van der Waals surface area contributed by atoms with Crippen LogP contribution in [0.1, 0.15) is 30.6 Å². The van der Waals surface area contributed by atoms with E-state index in [9.17, 15) is 19.2 Å². The third kappa shape index (κ3) is 7.33. The molecule has 2 N–H and O–H groups in total. The van der Waals surface area contributed by atoms with Gasteiger partial charge in [-0.3, -0.25) is 9.59 Å². The minimum atomic E-state index is -3.17. The van der Waals surface area contributed by atoms with Gasteiger partial charge in [0.2, 0.25) is 5.91 Å². The highest BCUT2D eigenvalue weighted by Crippen LogP contribution is 2.50. The van der Waals surface area contributed by atoms with Gasteiger partial charge >= 0.3 is 12.0 Å². The Morgan fingerprint density at radius 1 is 0.880 bits per heavy atom. The quantitative estimate of drug-likeness (QED) is 0.0311. The van der Waals surface area contributed by atoms with E-state index in [1.54, 1.807) is 31.2 Å². The molecular weight excluding hydrogens is 669 g/mol. The number of ether oxygens (including phenoxy) is 1. The number of rotatable bonds is 14. The van der Waals surface area contributed by atoms with Gasteiger partial charge in [-0.2, -0.15) is 0 Å². The van der Waals surface area contributed by atoms with E-state index in [1.165, 1.54) is 11.0 Å². The number of carbonyl (C=O) groups excluding carboxylic acids is 4. The van der Waals surface area contributed by atoms with Crippen LogP contribution in [0.4, 0.5) is 10.5 Å². The van der Waals surface area contributed by atoms with Gasteiger partial charge in [0, 0.05) is 31.1 Å². The van der Waals surface area contributed by atoms with Crippen molar-refractivity contribution >= 4 is 70.5 Å². The lowest BCUT2D eigenvalue weighted by Gasteiger charge is -2.51. The SMILES string of the molecule is C=CCOC(=O)C(N1C(=O)[C@H]([C@@H](C)OS)[C@H]1CC(=O)c1ccc(NC(=O)NCC)cc1)=P(c1ccccc1)(c1ccccc1)c1ccccc1. The Bertz CT molecular complexity index is 1780. The number of β-lactam (4-membered cyclic amide) rings is 1. The summed E-state index contributed by atoms with van der Waals surface area (Å²) in [4.78, 5) is 56.6. The van der Waals surface area contributed by atoms with Crippen molar-refractivity contribution in [2.45, 2.75) is 32.4 Å². The van der Waals surface area contributed by atoms with E-state index in [4.69, 9.17) is 8.92 Å². The number of carbonyl (C=O) groups is 4. The molecule has 4 aromatic rings. The fourth-order valence-electron chi connectivity index (χ4n) is 6.37. The summed E-state index contributed by atoms with van der Waals surface area (Å²) in [5.41, 5.74) is 1.07. The van der Waals surface area contributed by atoms with Gasteiger partial charge in [-0.05, 0) is 66.9 Å². The largest absolute Gasteiger partial charge is 0.457 e. The molecule has 1 aliphatic heterocycles. The smallest absolute Gasteiger partial charge is 0.356 e. The van der Waals surface area contributed by atoms with E-state index >= 15 is 0 Å². The standard InChI is InChI=1S/C39H40N3O6PS/c1-4-25-47-38(45)37(49(30-15-9-6-10-16-30,31-17-11-7-12-18-31)32-19-13-8-14-20-32)42-33(35(36(42)44)27(3)48-50)26-34(43)28-21-23-29(24-22-28)41-39(46)40-5-2/h4,6-24,27,33,35,50H,1,5,25-26H2,2-3H3,(H2,40,41,46)/t27-,33-,35-/m1/s1. The number of esters is 1. The molecule has 258 valence electrons. The first-order valence-corrected chi connectivity index (χ1v) is 18.5. The topological polar surface area (TPSA) is 114 Å². The van der Waals surface area contributed by atoms with Crippen LogP contribution in [0.3, 0.4) is 0 Å². The van der Waals surface area contributed by atoms with Crippen LogP contribution in [0.5, 0.6) is 0 Å². The normalized spacial score (nSPS) is 16.1. The van der Waals surface area contributed by atoms with Gasteiger partial charge in [-0.15, -0.1) is 0 Å². The Labute approximate surface area is 298 Å². The number of likely N-dealkylation sites (tertiary alicyclic amines) is 1. The van der Waals surface area contributed by atoms with Crippen molar-refractivity contribution in [2.75, 3.05) is 18.5 Å². The fourth-order valence-corrected chi connectivity index (χ4v) is 10.9. The predicted octanol–water partition coefficient (Wildman–Crippen LogP) is 5.33. The van der Waals surface area contributed by atoms with E-state index in [2.05, 4.69) is 30.1 Å². The van der Waals surface area contributed by atoms with Gasteiger partial charge in [0.25, 0.3) is 0 Å². The first kappa shape index (κ1) is 36.4. The van der Waals surface area contributed by atoms with Gasteiger partial charge in [-0.25, -0.2) is 9.59 Å². The second-order valence-corrected chi connectivity index (χ2v) is 15.2. The average molecular weight is 710 g/mol. The highest BCUT2D eigenvalue weighted by molar-refractivity contribution is 7.96. The molecule has 3 atom stereocenters. The van der Waals surface area contributed by atoms with Crippen molar-refractivity contribution in [3.8, 4) is 0 Å². The van der Waals surface area contributed by atoms with Crippen molar-refractivity contribution in [3.63, 3.8) is 0 Å². The summed E-state index contributed by atoms with van der Waals surface area (Å²) in [7, 11) is 0. The molecule has 1 aliphatic rings. The van der Waals surface area contributed by atoms with Crippen LogP contribution in [0.25, 0.3) is 0 Å². The number of nitrogens with one attached hydrogen (secondary N) is 2. The van der Waals surface area contributed by atoms with Crippen LogP contribution in [-0.2, 0) is 18.5 Å². The van der Waals surface area contributed by atoms with E-state index in [0.29, 0.717) is 17.8 Å². The second-order valence-electron chi connectivity index (χ2n) is 11.7. The molecule has 9 nitrogen and oxygen atoms in total. The maximum absolute atomic E-state index is 14.6. The number of hydrogen-bond acceptors (Lipinski definition) is 7. The van der Waals surface area contributed by atoms with Gasteiger partial charge in [0.05, 0.1) is 18.1 Å². The number of thiol groups is 1. The minimum absolute atomic E-state index is 0.0808. The summed E-state index contributed by atoms with van der Waals surface area (Å²) in [6, 6.07) is 34.4. The third-order valence-electron chi connectivity index (χ3n) is 8.63. The fraction of sp³-hybridized carbons (Fsp3) is 0.205. The molecule has 1 heterocycles. The number of ketones is 1. The van der Waals surface area contributed by atoms with Gasteiger partial charge in [0.15, 0.2) is 5.78 Å². The highest BCUT2D eigenvalue weighted by Gasteiger charge is 2.56. The molecular formula is C39H40N3O6PS. The summed E-state index contributed by atoms with van der Waals surface area (Å²) in [5, 5.41) is 7.89. The maximum atomic E-state index is 14.6. The molecule has 0 aromatic heterocycles. The number of Topliss-reactive ketones (excluding diaryl/α,β-unsaturated/α-hetero) is 1. The van der Waals surface area contributed by atoms with Crippen LogP contribution in [0.2, 0.25) is 0 Å². The van der Waals surface area contributed by atoms with E-state index in [0.717, 1.165) is 15.9 Å². The molecule has 0 spiro atoms.